The number of aliphatic imine (C=N–C) groups is 1. The molecule has 0 aliphatic heterocycles. The second kappa shape index (κ2) is 8.52. The molecular weight excluding hydrogens is 286 g/mol. The van der Waals surface area contributed by atoms with Crippen LogP contribution in [0.1, 0.15) is 38.5 Å². The Labute approximate surface area is 137 Å². The summed E-state index contributed by atoms with van der Waals surface area (Å²) in [5.74, 6) is 1.68. The minimum atomic E-state index is -1.07. The Morgan fingerprint density at radius 1 is 1.09 bits per heavy atom. The van der Waals surface area contributed by atoms with Gasteiger partial charge in [-0.3, -0.25) is 0 Å². The maximum Gasteiger partial charge on any atom is 0.188 e. The Kier molecular flexibility index (Phi) is 6.68. The van der Waals surface area contributed by atoms with Crippen molar-refractivity contribution in [2.75, 3.05) is 6.61 Å². The first-order chi connectivity index (χ1) is 10.5. The molecule has 1 fully saturated rings. The monoisotopic (exact) mass is 317 g/mol. The van der Waals surface area contributed by atoms with Crippen molar-refractivity contribution in [2.24, 2.45) is 10.9 Å². The number of para-hydroxylation sites is 1. The molecule has 1 saturated carbocycles. The molecule has 0 N–H and O–H groups in total. The van der Waals surface area contributed by atoms with Crippen molar-refractivity contribution >= 4 is 19.7 Å². The molecule has 1 aromatic rings. The summed E-state index contributed by atoms with van der Waals surface area (Å²) in [6.07, 6.45) is 7.77. The second-order valence-corrected chi connectivity index (χ2v) is 13.3. The highest BCUT2D eigenvalue weighted by atomic mass is 28.3. The van der Waals surface area contributed by atoms with Crippen molar-refractivity contribution in [1.82, 2.24) is 0 Å². The molecule has 2 nitrogen and oxygen atoms in total. The highest BCUT2D eigenvalue weighted by Crippen LogP contribution is 2.24. The van der Waals surface area contributed by atoms with Crippen LogP contribution in [0.5, 0.6) is 0 Å². The van der Waals surface area contributed by atoms with Crippen LogP contribution in [0.4, 0.5) is 5.69 Å². The maximum absolute atomic E-state index is 6.15. The fraction of sp³-hybridized carbons (Fsp3) is 0.632. The SMILES string of the molecule is C[Si](C)(C)CC/C(=N/c1ccccc1)OCC1CCCCC1. The van der Waals surface area contributed by atoms with E-state index in [0.717, 1.165) is 30.5 Å². The molecule has 0 amide bonds. The number of rotatable bonds is 6. The van der Waals surface area contributed by atoms with Crippen LogP contribution in [0, 0.1) is 5.92 Å². The van der Waals surface area contributed by atoms with Crippen LogP contribution in [0.15, 0.2) is 35.3 Å². The second-order valence-electron chi connectivity index (χ2n) is 7.72. The van der Waals surface area contributed by atoms with E-state index in [-0.39, 0.29) is 0 Å². The molecule has 0 spiro atoms. The fourth-order valence-corrected chi connectivity index (χ4v) is 3.82. The summed E-state index contributed by atoms with van der Waals surface area (Å²) in [5.41, 5.74) is 1.01. The third-order valence-electron chi connectivity index (χ3n) is 4.31. The largest absolute Gasteiger partial charge is 0.480 e. The average Bonchev–Trinajstić information content (AvgIpc) is 2.51. The lowest BCUT2D eigenvalue weighted by atomic mass is 9.90. The molecule has 0 heterocycles. The molecule has 3 heteroatoms. The fourth-order valence-electron chi connectivity index (χ4n) is 2.86. The summed E-state index contributed by atoms with van der Waals surface area (Å²) in [7, 11) is -1.07. The van der Waals surface area contributed by atoms with Crippen molar-refractivity contribution in [3.05, 3.63) is 30.3 Å². The lowest BCUT2D eigenvalue weighted by Crippen LogP contribution is -2.22. The van der Waals surface area contributed by atoms with Crippen molar-refractivity contribution in [2.45, 2.75) is 64.2 Å². The molecule has 0 bridgehead atoms. The van der Waals surface area contributed by atoms with Crippen molar-refractivity contribution in [3.8, 4) is 0 Å². The number of hydrogen-bond donors (Lipinski definition) is 0. The lowest BCUT2D eigenvalue weighted by molar-refractivity contribution is 0.195. The molecule has 1 aromatic carbocycles. The normalized spacial score (nSPS) is 17.5. The van der Waals surface area contributed by atoms with E-state index in [9.17, 15) is 0 Å². The van der Waals surface area contributed by atoms with Gasteiger partial charge < -0.3 is 4.74 Å². The van der Waals surface area contributed by atoms with Crippen LogP contribution in [0.25, 0.3) is 0 Å². The average molecular weight is 318 g/mol. The van der Waals surface area contributed by atoms with Crippen LogP contribution in [0.2, 0.25) is 25.7 Å². The molecule has 0 radical (unpaired) electrons. The predicted molar refractivity (Wildman–Crippen MR) is 98.8 cm³/mol. The molecule has 122 valence electrons. The first kappa shape index (κ1) is 17.3. The van der Waals surface area contributed by atoms with E-state index in [1.54, 1.807) is 0 Å². The van der Waals surface area contributed by atoms with E-state index in [4.69, 9.17) is 9.73 Å². The Bertz CT molecular complexity index is 458. The zero-order chi connectivity index (χ0) is 15.8. The van der Waals surface area contributed by atoms with Gasteiger partial charge in [0.05, 0.1) is 12.3 Å². The van der Waals surface area contributed by atoms with E-state index >= 15 is 0 Å². The van der Waals surface area contributed by atoms with Gasteiger partial charge in [-0.15, -0.1) is 0 Å². The zero-order valence-corrected chi connectivity index (χ0v) is 15.5. The van der Waals surface area contributed by atoms with Gasteiger partial charge in [0.15, 0.2) is 5.90 Å². The van der Waals surface area contributed by atoms with E-state index in [1.165, 1.54) is 38.1 Å². The molecule has 2 rings (SSSR count). The molecule has 0 aromatic heterocycles. The van der Waals surface area contributed by atoms with Gasteiger partial charge in [0.25, 0.3) is 0 Å². The van der Waals surface area contributed by atoms with Crippen LogP contribution in [0.3, 0.4) is 0 Å². The van der Waals surface area contributed by atoms with E-state index in [1.807, 2.05) is 18.2 Å². The minimum absolute atomic E-state index is 0.738. The lowest BCUT2D eigenvalue weighted by Gasteiger charge is -2.23. The molecule has 0 atom stereocenters. The Hall–Kier alpha value is -1.09. The molecular formula is C19H31NOSi. The number of nitrogens with zero attached hydrogens (tertiary/aromatic N) is 1. The Balaban J connectivity index is 1.96. The highest BCUT2D eigenvalue weighted by Gasteiger charge is 2.18. The van der Waals surface area contributed by atoms with Gasteiger partial charge in [-0.2, -0.15) is 0 Å². The summed E-state index contributed by atoms with van der Waals surface area (Å²) in [4.78, 5) is 4.76. The highest BCUT2D eigenvalue weighted by molar-refractivity contribution is 6.76. The van der Waals surface area contributed by atoms with E-state index < -0.39 is 8.07 Å². The van der Waals surface area contributed by atoms with Crippen LogP contribution < -0.4 is 0 Å². The third-order valence-corrected chi connectivity index (χ3v) is 6.06. The third kappa shape index (κ3) is 6.78. The minimum Gasteiger partial charge on any atom is -0.480 e. The quantitative estimate of drug-likeness (QED) is 0.356. The van der Waals surface area contributed by atoms with Crippen molar-refractivity contribution in [3.63, 3.8) is 0 Å². The van der Waals surface area contributed by atoms with Crippen LogP contribution in [-0.4, -0.2) is 20.6 Å². The first-order valence-electron chi connectivity index (χ1n) is 8.78. The summed E-state index contributed by atoms with van der Waals surface area (Å²) >= 11 is 0. The molecule has 22 heavy (non-hydrogen) atoms. The number of benzene rings is 1. The summed E-state index contributed by atoms with van der Waals surface area (Å²) in [5, 5.41) is 0. The summed E-state index contributed by atoms with van der Waals surface area (Å²) < 4.78 is 6.15. The van der Waals surface area contributed by atoms with Crippen molar-refractivity contribution < 1.29 is 4.74 Å². The topological polar surface area (TPSA) is 21.6 Å². The summed E-state index contributed by atoms with van der Waals surface area (Å²) in [6, 6.07) is 11.5. The number of ether oxygens (including phenoxy) is 1. The smallest absolute Gasteiger partial charge is 0.188 e. The Morgan fingerprint density at radius 2 is 1.77 bits per heavy atom. The predicted octanol–water partition coefficient (Wildman–Crippen LogP) is 6.04. The first-order valence-corrected chi connectivity index (χ1v) is 12.5. The van der Waals surface area contributed by atoms with Gasteiger partial charge in [-0.25, -0.2) is 4.99 Å². The van der Waals surface area contributed by atoms with Crippen LogP contribution >= 0.6 is 0 Å². The van der Waals surface area contributed by atoms with E-state index in [0.29, 0.717) is 0 Å². The molecule has 1 aliphatic rings. The molecule has 0 saturated heterocycles. The zero-order valence-electron chi connectivity index (χ0n) is 14.5. The van der Waals surface area contributed by atoms with Gasteiger partial charge in [0.1, 0.15) is 0 Å². The molecule has 0 unspecified atom stereocenters. The summed E-state index contributed by atoms with van der Waals surface area (Å²) in [6.45, 7) is 8.09. The van der Waals surface area contributed by atoms with Gasteiger partial charge in [0.2, 0.25) is 0 Å². The van der Waals surface area contributed by atoms with Crippen LogP contribution in [-0.2, 0) is 4.74 Å². The van der Waals surface area contributed by atoms with Gasteiger partial charge in [0, 0.05) is 14.5 Å². The van der Waals surface area contributed by atoms with E-state index in [2.05, 4.69) is 31.8 Å². The Morgan fingerprint density at radius 3 is 2.41 bits per heavy atom. The maximum atomic E-state index is 6.15. The number of hydrogen-bond acceptors (Lipinski definition) is 2. The standard InChI is InChI=1S/C19H31NOSi/c1-22(2,3)15-14-19(20-18-12-8-5-9-13-18)21-16-17-10-6-4-7-11-17/h5,8-9,12-13,17H,4,6-7,10-11,14-16H2,1-3H3/b20-19-. The van der Waals surface area contributed by atoms with Gasteiger partial charge >= 0.3 is 0 Å². The van der Waals surface area contributed by atoms with Crippen molar-refractivity contribution in [1.29, 1.82) is 0 Å². The van der Waals surface area contributed by atoms with Gasteiger partial charge in [-0.1, -0.05) is 57.1 Å². The van der Waals surface area contributed by atoms with Gasteiger partial charge in [-0.05, 0) is 36.9 Å². The molecule has 1 aliphatic carbocycles.